The fourth-order valence-corrected chi connectivity index (χ4v) is 1.74. The van der Waals surface area contributed by atoms with Crippen molar-refractivity contribution in [2.75, 3.05) is 0 Å². The van der Waals surface area contributed by atoms with Crippen LogP contribution in [0.1, 0.15) is 5.82 Å². The summed E-state index contributed by atoms with van der Waals surface area (Å²) >= 11 is 4.61. The molecule has 0 aliphatic rings. The molecule has 0 spiro atoms. The minimum absolute atomic E-state index is 0.574. The lowest BCUT2D eigenvalue weighted by Gasteiger charge is -1.99. The van der Waals surface area contributed by atoms with Gasteiger partial charge in [0.1, 0.15) is 11.6 Å². The minimum Gasteiger partial charge on any atom is -0.430 e. The minimum atomic E-state index is 0.574. The van der Waals surface area contributed by atoms with Gasteiger partial charge in [-0.15, -0.1) is 0 Å². The third-order valence-corrected chi connectivity index (χ3v) is 2.74. The van der Waals surface area contributed by atoms with Gasteiger partial charge in [-0.2, -0.15) is 9.36 Å². The molecule has 0 N–H and O–H groups in total. The Kier molecular flexibility index (Phi) is 2.79. The van der Waals surface area contributed by atoms with E-state index in [1.807, 2.05) is 31.2 Å². The zero-order chi connectivity index (χ0) is 9.97. The van der Waals surface area contributed by atoms with Crippen molar-refractivity contribution >= 4 is 27.5 Å². The number of rotatable bonds is 2. The first-order chi connectivity index (χ1) is 6.74. The zero-order valence-electron chi connectivity index (χ0n) is 7.40. The van der Waals surface area contributed by atoms with E-state index in [4.69, 9.17) is 4.74 Å². The molecular formula is C9H7BrN2OS. The first kappa shape index (κ1) is 9.61. The molecule has 5 heteroatoms. The summed E-state index contributed by atoms with van der Waals surface area (Å²) < 4.78 is 10.5. The van der Waals surface area contributed by atoms with Crippen molar-refractivity contribution in [2.45, 2.75) is 6.92 Å². The van der Waals surface area contributed by atoms with Crippen LogP contribution in [-0.2, 0) is 0 Å². The summed E-state index contributed by atoms with van der Waals surface area (Å²) in [5, 5.41) is 0.574. The highest BCUT2D eigenvalue weighted by molar-refractivity contribution is 9.10. The van der Waals surface area contributed by atoms with Crippen molar-refractivity contribution in [3.63, 3.8) is 0 Å². The Morgan fingerprint density at radius 1 is 1.29 bits per heavy atom. The van der Waals surface area contributed by atoms with Gasteiger partial charge in [0.05, 0.1) is 0 Å². The summed E-state index contributed by atoms with van der Waals surface area (Å²) in [6, 6.07) is 7.59. The Morgan fingerprint density at radius 3 is 2.57 bits per heavy atom. The van der Waals surface area contributed by atoms with Crippen LogP contribution < -0.4 is 4.74 Å². The zero-order valence-corrected chi connectivity index (χ0v) is 9.80. The number of hydrogen-bond donors (Lipinski definition) is 0. The summed E-state index contributed by atoms with van der Waals surface area (Å²) in [5.41, 5.74) is 0. The largest absolute Gasteiger partial charge is 0.430 e. The molecule has 0 aliphatic heterocycles. The molecular weight excluding hydrogens is 264 g/mol. The molecule has 72 valence electrons. The highest BCUT2D eigenvalue weighted by atomic mass is 79.9. The Balaban J connectivity index is 2.15. The van der Waals surface area contributed by atoms with Gasteiger partial charge in [-0.25, -0.2) is 0 Å². The van der Waals surface area contributed by atoms with Crippen molar-refractivity contribution in [3.8, 4) is 10.9 Å². The Bertz CT molecular complexity index is 427. The fraction of sp³-hybridized carbons (Fsp3) is 0.111. The van der Waals surface area contributed by atoms with Crippen LogP contribution in [0.4, 0.5) is 0 Å². The van der Waals surface area contributed by atoms with E-state index in [0.717, 1.165) is 16.0 Å². The van der Waals surface area contributed by atoms with Gasteiger partial charge in [-0.05, 0) is 31.2 Å². The molecule has 0 saturated carbocycles. The number of nitrogens with zero attached hydrogens (tertiary/aromatic N) is 2. The van der Waals surface area contributed by atoms with Gasteiger partial charge >= 0.3 is 0 Å². The van der Waals surface area contributed by atoms with Crippen LogP contribution in [0.3, 0.4) is 0 Å². The van der Waals surface area contributed by atoms with Gasteiger partial charge in [-0.1, -0.05) is 15.9 Å². The molecule has 3 nitrogen and oxygen atoms in total. The lowest BCUT2D eigenvalue weighted by molar-refractivity contribution is 0.478. The number of halogens is 1. The van der Waals surface area contributed by atoms with E-state index in [-0.39, 0.29) is 0 Å². The molecule has 0 atom stereocenters. The maximum atomic E-state index is 5.48. The number of aromatic nitrogens is 2. The van der Waals surface area contributed by atoms with E-state index in [9.17, 15) is 0 Å². The second kappa shape index (κ2) is 4.06. The Morgan fingerprint density at radius 2 is 2.00 bits per heavy atom. The molecule has 0 unspecified atom stereocenters. The van der Waals surface area contributed by atoms with Gasteiger partial charge in [-0.3, -0.25) is 0 Å². The van der Waals surface area contributed by atoms with Crippen LogP contribution in [0.15, 0.2) is 28.7 Å². The van der Waals surface area contributed by atoms with Gasteiger partial charge in [0.15, 0.2) is 0 Å². The number of ether oxygens (including phenoxy) is 1. The van der Waals surface area contributed by atoms with E-state index < -0.39 is 0 Å². The van der Waals surface area contributed by atoms with Crippen molar-refractivity contribution in [1.29, 1.82) is 0 Å². The molecule has 14 heavy (non-hydrogen) atoms. The summed E-state index contributed by atoms with van der Waals surface area (Å²) in [7, 11) is 0. The van der Waals surface area contributed by atoms with E-state index >= 15 is 0 Å². The molecule has 1 heterocycles. The average Bonchev–Trinajstić information content (AvgIpc) is 2.56. The SMILES string of the molecule is Cc1nsc(Oc2ccc(Br)cc2)n1. The number of hydrogen-bond acceptors (Lipinski definition) is 4. The van der Waals surface area contributed by atoms with Crippen molar-refractivity contribution in [3.05, 3.63) is 34.6 Å². The van der Waals surface area contributed by atoms with Gasteiger partial charge in [0.25, 0.3) is 5.19 Å². The summed E-state index contributed by atoms with van der Waals surface area (Å²) in [4.78, 5) is 4.10. The molecule has 0 amide bonds. The van der Waals surface area contributed by atoms with Crippen molar-refractivity contribution < 1.29 is 4.74 Å². The predicted molar refractivity (Wildman–Crippen MR) is 58.9 cm³/mol. The normalized spacial score (nSPS) is 10.1. The molecule has 0 fully saturated rings. The molecule has 0 aliphatic carbocycles. The van der Waals surface area contributed by atoms with Crippen molar-refractivity contribution in [1.82, 2.24) is 9.36 Å². The molecule has 0 radical (unpaired) electrons. The fourth-order valence-electron chi connectivity index (χ4n) is 0.923. The average molecular weight is 271 g/mol. The van der Waals surface area contributed by atoms with Crippen LogP contribution in [0.5, 0.6) is 10.9 Å². The van der Waals surface area contributed by atoms with Crippen LogP contribution in [0.2, 0.25) is 0 Å². The molecule has 2 rings (SSSR count). The second-order valence-electron chi connectivity index (χ2n) is 2.66. The molecule has 0 saturated heterocycles. The number of aryl methyl sites for hydroxylation is 1. The highest BCUT2D eigenvalue weighted by Gasteiger charge is 2.02. The van der Waals surface area contributed by atoms with E-state index in [1.54, 1.807) is 0 Å². The van der Waals surface area contributed by atoms with Crippen LogP contribution >= 0.6 is 27.5 Å². The standard InChI is InChI=1S/C9H7BrN2OS/c1-6-11-9(14-12-6)13-8-4-2-7(10)3-5-8/h2-5H,1H3. The first-order valence-corrected chi connectivity index (χ1v) is 5.54. The Hall–Kier alpha value is -0.940. The Labute approximate surface area is 94.1 Å². The lowest BCUT2D eigenvalue weighted by Crippen LogP contribution is -1.82. The van der Waals surface area contributed by atoms with Gasteiger partial charge in [0, 0.05) is 16.0 Å². The van der Waals surface area contributed by atoms with E-state index in [1.165, 1.54) is 11.5 Å². The summed E-state index contributed by atoms with van der Waals surface area (Å²) in [6.45, 7) is 1.84. The van der Waals surface area contributed by atoms with Crippen LogP contribution in [-0.4, -0.2) is 9.36 Å². The molecule has 0 bridgehead atoms. The maximum absolute atomic E-state index is 5.48. The van der Waals surface area contributed by atoms with Gasteiger partial charge in [0.2, 0.25) is 0 Å². The van der Waals surface area contributed by atoms with Crippen LogP contribution in [0.25, 0.3) is 0 Å². The predicted octanol–water partition coefficient (Wildman–Crippen LogP) is 3.40. The molecule has 2 aromatic rings. The molecule has 1 aromatic carbocycles. The smallest absolute Gasteiger partial charge is 0.298 e. The van der Waals surface area contributed by atoms with Crippen molar-refractivity contribution in [2.24, 2.45) is 0 Å². The highest BCUT2D eigenvalue weighted by Crippen LogP contribution is 2.24. The third-order valence-electron chi connectivity index (χ3n) is 1.53. The topological polar surface area (TPSA) is 35.0 Å². The second-order valence-corrected chi connectivity index (χ2v) is 4.29. The van der Waals surface area contributed by atoms with Gasteiger partial charge < -0.3 is 4.74 Å². The van der Waals surface area contributed by atoms with Crippen LogP contribution in [0, 0.1) is 6.92 Å². The first-order valence-electron chi connectivity index (χ1n) is 3.98. The van der Waals surface area contributed by atoms with E-state index in [0.29, 0.717) is 5.19 Å². The van der Waals surface area contributed by atoms with E-state index in [2.05, 4.69) is 25.3 Å². The summed E-state index contributed by atoms with van der Waals surface area (Å²) in [6.07, 6.45) is 0. The third kappa shape index (κ3) is 2.30. The monoisotopic (exact) mass is 270 g/mol. The number of benzene rings is 1. The maximum Gasteiger partial charge on any atom is 0.298 e. The summed E-state index contributed by atoms with van der Waals surface area (Å²) in [5.74, 6) is 1.51. The quantitative estimate of drug-likeness (QED) is 0.839. The lowest BCUT2D eigenvalue weighted by atomic mass is 10.3. The molecule has 1 aromatic heterocycles.